The van der Waals surface area contributed by atoms with Crippen LogP contribution >= 0.6 is 0 Å². The zero-order chi connectivity index (χ0) is 22.9. The molecule has 1 aromatic rings. The second kappa shape index (κ2) is 8.81. The molecule has 0 aliphatic carbocycles. The molecule has 2 N–H and O–H groups in total. The number of ether oxygens (including phenoxy) is 1. The summed E-state index contributed by atoms with van der Waals surface area (Å²) in [4.78, 5) is 38.9. The van der Waals surface area contributed by atoms with Crippen molar-refractivity contribution in [2.45, 2.75) is 37.2 Å². The highest BCUT2D eigenvalue weighted by Gasteiger charge is 2.50. The lowest BCUT2D eigenvalue weighted by Gasteiger charge is -2.23. The van der Waals surface area contributed by atoms with E-state index in [2.05, 4.69) is 0 Å². The van der Waals surface area contributed by atoms with Gasteiger partial charge in [0, 0.05) is 13.6 Å². The Morgan fingerprint density at radius 1 is 1.26 bits per heavy atom. The molecule has 31 heavy (non-hydrogen) atoms. The summed E-state index contributed by atoms with van der Waals surface area (Å²) < 4.78 is 33.0. The lowest BCUT2D eigenvalue weighted by atomic mass is 10.1. The predicted molar refractivity (Wildman–Crippen MR) is 108 cm³/mol. The summed E-state index contributed by atoms with van der Waals surface area (Å²) in [5.41, 5.74) is 1.48. The molecule has 0 saturated carbocycles. The fraction of sp³-hybridized carbons (Fsp3) is 0.526. The van der Waals surface area contributed by atoms with Crippen molar-refractivity contribution in [2.75, 3.05) is 26.7 Å². The Kier molecular flexibility index (Phi) is 6.53. The van der Waals surface area contributed by atoms with Gasteiger partial charge in [0.1, 0.15) is 18.3 Å². The van der Waals surface area contributed by atoms with Crippen molar-refractivity contribution in [3.63, 3.8) is 0 Å². The fourth-order valence-corrected chi connectivity index (χ4v) is 5.29. The number of amides is 4. The van der Waals surface area contributed by atoms with Gasteiger partial charge in [-0.3, -0.25) is 19.7 Å². The van der Waals surface area contributed by atoms with Gasteiger partial charge in [0.05, 0.1) is 17.5 Å². The highest BCUT2D eigenvalue weighted by molar-refractivity contribution is 7.89. The number of nitrogens with one attached hydrogen (secondary N) is 1. The van der Waals surface area contributed by atoms with E-state index in [1.165, 1.54) is 41.7 Å². The van der Waals surface area contributed by atoms with E-state index in [4.69, 9.17) is 9.94 Å². The maximum absolute atomic E-state index is 13.3. The van der Waals surface area contributed by atoms with Crippen molar-refractivity contribution in [1.29, 1.82) is 0 Å². The third-order valence-corrected chi connectivity index (χ3v) is 7.09. The number of imide groups is 1. The average Bonchev–Trinajstić information content (AvgIpc) is 3.27. The molecule has 170 valence electrons. The number of sulfonamides is 1. The van der Waals surface area contributed by atoms with Crippen molar-refractivity contribution in [3.05, 3.63) is 24.3 Å². The number of hydrogen-bond acceptors (Lipinski definition) is 7. The van der Waals surface area contributed by atoms with Gasteiger partial charge in [0.25, 0.3) is 11.8 Å². The molecule has 0 bridgehead atoms. The number of carbonyl (C=O) groups excluding carboxylic acids is 3. The Morgan fingerprint density at radius 3 is 2.42 bits per heavy atom. The van der Waals surface area contributed by atoms with Crippen molar-refractivity contribution in [1.82, 2.24) is 19.6 Å². The molecule has 3 rings (SSSR count). The Bertz CT molecular complexity index is 964. The molecule has 1 unspecified atom stereocenters. The first kappa shape index (κ1) is 23.0. The number of hydroxylamine groups is 1. The maximum Gasteiger partial charge on any atom is 0.327 e. The molecule has 0 radical (unpaired) electrons. The number of benzene rings is 1. The van der Waals surface area contributed by atoms with Crippen LogP contribution in [-0.2, 0) is 19.6 Å². The van der Waals surface area contributed by atoms with Crippen LogP contribution in [0.15, 0.2) is 29.2 Å². The van der Waals surface area contributed by atoms with Crippen LogP contribution in [0.2, 0.25) is 0 Å². The number of hydrogen-bond donors (Lipinski definition) is 2. The van der Waals surface area contributed by atoms with Gasteiger partial charge in [-0.05, 0) is 36.6 Å². The van der Waals surface area contributed by atoms with E-state index in [0.29, 0.717) is 18.3 Å². The fourth-order valence-electron chi connectivity index (χ4n) is 3.65. The summed E-state index contributed by atoms with van der Waals surface area (Å²) in [5.74, 6) is -0.590. The molecule has 2 atom stereocenters. The topological polar surface area (TPSA) is 137 Å². The lowest BCUT2D eigenvalue weighted by Crippen LogP contribution is -2.45. The minimum absolute atomic E-state index is 0.0722. The molecule has 2 heterocycles. The van der Waals surface area contributed by atoms with Gasteiger partial charge < -0.3 is 9.64 Å². The number of likely N-dealkylation sites (N-methyl/N-ethyl adjacent to an activating group) is 1. The van der Waals surface area contributed by atoms with Crippen LogP contribution in [0.3, 0.4) is 0 Å². The third kappa shape index (κ3) is 4.50. The van der Waals surface area contributed by atoms with Crippen molar-refractivity contribution in [3.8, 4) is 5.75 Å². The molecule has 2 aliphatic rings. The van der Waals surface area contributed by atoms with Crippen LogP contribution in [0.25, 0.3) is 0 Å². The quantitative estimate of drug-likeness (QED) is 0.342. The summed E-state index contributed by atoms with van der Waals surface area (Å²) in [6, 6.07) is 3.13. The summed E-state index contributed by atoms with van der Waals surface area (Å²) in [7, 11) is -2.70. The second-order valence-electron chi connectivity index (χ2n) is 8.03. The molecule has 2 saturated heterocycles. The smallest absolute Gasteiger partial charge is 0.327 e. The lowest BCUT2D eigenvalue weighted by molar-refractivity contribution is -0.132. The normalized spacial score (nSPS) is 22.5. The Hall–Kier alpha value is -2.70. The first-order valence-corrected chi connectivity index (χ1v) is 11.3. The molecule has 0 spiro atoms. The number of carbonyl (C=O) groups is 3. The molecule has 2 aliphatic heterocycles. The van der Waals surface area contributed by atoms with Gasteiger partial charge in [0.15, 0.2) is 0 Å². The maximum atomic E-state index is 13.3. The Labute approximate surface area is 180 Å². The van der Waals surface area contributed by atoms with E-state index < -0.39 is 40.0 Å². The van der Waals surface area contributed by atoms with Gasteiger partial charge in [-0.25, -0.2) is 18.7 Å². The van der Waals surface area contributed by atoms with E-state index in [1.807, 2.05) is 13.8 Å². The first-order chi connectivity index (χ1) is 14.6. The van der Waals surface area contributed by atoms with Crippen molar-refractivity contribution >= 4 is 27.9 Å². The van der Waals surface area contributed by atoms with E-state index >= 15 is 0 Å². The predicted octanol–water partition coefficient (Wildman–Crippen LogP) is 0.252. The SMILES string of the molecule is CC(C)COc1ccc(S(=O)(=O)N2CC(N3C(=O)CN(C)C3=O)C[C@@H]2C(=O)NO)cc1. The summed E-state index contributed by atoms with van der Waals surface area (Å²) >= 11 is 0. The van der Waals surface area contributed by atoms with Crippen LogP contribution in [-0.4, -0.2) is 84.4 Å². The second-order valence-corrected chi connectivity index (χ2v) is 9.93. The van der Waals surface area contributed by atoms with Crippen LogP contribution in [0.5, 0.6) is 5.75 Å². The summed E-state index contributed by atoms with van der Waals surface area (Å²) in [6.07, 6.45) is -0.119. The van der Waals surface area contributed by atoms with Gasteiger partial charge >= 0.3 is 6.03 Å². The Morgan fingerprint density at radius 2 is 1.90 bits per heavy atom. The third-order valence-electron chi connectivity index (χ3n) is 5.20. The van der Waals surface area contributed by atoms with Crippen LogP contribution in [0.4, 0.5) is 4.79 Å². The van der Waals surface area contributed by atoms with Crippen molar-refractivity contribution in [2.24, 2.45) is 5.92 Å². The van der Waals surface area contributed by atoms with E-state index in [0.717, 1.165) is 9.21 Å². The first-order valence-electron chi connectivity index (χ1n) is 9.82. The largest absolute Gasteiger partial charge is 0.493 e. The molecule has 11 nitrogen and oxygen atoms in total. The minimum atomic E-state index is -4.16. The van der Waals surface area contributed by atoms with Crippen LogP contribution < -0.4 is 10.2 Å². The van der Waals surface area contributed by atoms with E-state index in [1.54, 1.807) is 0 Å². The Balaban J connectivity index is 1.86. The molecule has 0 aromatic heterocycles. The molecule has 12 heteroatoms. The zero-order valence-corrected chi connectivity index (χ0v) is 18.3. The molecular weight excluding hydrogens is 428 g/mol. The van der Waals surface area contributed by atoms with Gasteiger partial charge in [-0.15, -0.1) is 0 Å². The van der Waals surface area contributed by atoms with Crippen LogP contribution in [0, 0.1) is 5.92 Å². The standard InChI is InChI=1S/C19H26N4O7S/c1-12(2)11-30-14-4-6-15(7-5-14)31(28,29)22-9-13(8-16(22)18(25)20-27)23-17(24)10-21(3)19(23)26/h4-7,12-13,16,27H,8-11H2,1-3H3,(H,20,25)/t13?,16-/m1/s1. The minimum Gasteiger partial charge on any atom is -0.493 e. The molecular formula is C19H26N4O7S. The number of rotatable bonds is 7. The van der Waals surface area contributed by atoms with Gasteiger partial charge in [-0.2, -0.15) is 4.31 Å². The zero-order valence-electron chi connectivity index (χ0n) is 17.5. The molecule has 1 aromatic carbocycles. The summed E-state index contributed by atoms with van der Waals surface area (Å²) in [5, 5.41) is 9.09. The highest BCUT2D eigenvalue weighted by Crippen LogP contribution is 2.31. The molecule has 4 amide bonds. The number of nitrogens with zero attached hydrogens (tertiary/aromatic N) is 3. The van der Waals surface area contributed by atoms with Crippen molar-refractivity contribution < 1.29 is 32.7 Å². The average molecular weight is 455 g/mol. The molecule has 2 fully saturated rings. The monoisotopic (exact) mass is 454 g/mol. The van der Waals surface area contributed by atoms with Gasteiger partial charge in [0.2, 0.25) is 10.0 Å². The van der Waals surface area contributed by atoms with Gasteiger partial charge in [-0.1, -0.05) is 13.8 Å². The summed E-state index contributed by atoms with van der Waals surface area (Å²) in [6.45, 7) is 4.09. The number of urea groups is 1. The van der Waals surface area contributed by atoms with Crippen LogP contribution in [0.1, 0.15) is 20.3 Å². The highest BCUT2D eigenvalue weighted by atomic mass is 32.2. The van der Waals surface area contributed by atoms with E-state index in [-0.39, 0.29) is 24.4 Å². The van der Waals surface area contributed by atoms with E-state index in [9.17, 15) is 22.8 Å².